The summed E-state index contributed by atoms with van der Waals surface area (Å²) in [4.78, 5) is 14.2. The standard InChI is InChI=1S/C14H26N2O3/c1-13(2,3)19-12(17)16-9-6-7-10(16)11(15-8-9)14(4,5)18/h9-11,15,18H,6-8H2,1-5H3/t9-,10+,11?/m0/s1. The van der Waals surface area contributed by atoms with Crippen LogP contribution in [0.4, 0.5) is 4.79 Å². The van der Waals surface area contributed by atoms with Crippen molar-refractivity contribution in [2.24, 2.45) is 0 Å². The van der Waals surface area contributed by atoms with E-state index in [9.17, 15) is 9.90 Å². The van der Waals surface area contributed by atoms with Crippen LogP contribution in [0.25, 0.3) is 0 Å². The van der Waals surface area contributed by atoms with Gasteiger partial charge in [-0.15, -0.1) is 0 Å². The average molecular weight is 270 g/mol. The topological polar surface area (TPSA) is 61.8 Å². The lowest BCUT2D eigenvalue weighted by atomic mass is 9.90. The zero-order valence-electron chi connectivity index (χ0n) is 12.6. The Balaban J connectivity index is 2.15. The molecule has 2 aliphatic rings. The first-order valence-corrected chi connectivity index (χ1v) is 7.06. The molecule has 5 heteroatoms. The number of fused-ring (bicyclic) bond motifs is 2. The summed E-state index contributed by atoms with van der Waals surface area (Å²) in [6, 6.07) is 0.116. The van der Waals surface area contributed by atoms with E-state index in [-0.39, 0.29) is 24.2 Å². The van der Waals surface area contributed by atoms with Crippen molar-refractivity contribution in [3.63, 3.8) is 0 Å². The Bertz CT molecular complexity index is 357. The molecule has 0 aromatic carbocycles. The van der Waals surface area contributed by atoms with Crippen molar-refractivity contribution in [3.8, 4) is 0 Å². The summed E-state index contributed by atoms with van der Waals surface area (Å²) in [7, 11) is 0. The second-order valence-corrected chi connectivity index (χ2v) is 7.23. The third-order valence-corrected chi connectivity index (χ3v) is 3.87. The maximum atomic E-state index is 12.3. The van der Waals surface area contributed by atoms with E-state index in [1.807, 2.05) is 25.7 Å². The number of nitrogens with zero attached hydrogens (tertiary/aromatic N) is 1. The lowest BCUT2D eigenvalue weighted by Crippen LogP contribution is -2.66. The largest absolute Gasteiger partial charge is 0.444 e. The highest BCUT2D eigenvalue weighted by Crippen LogP contribution is 2.34. The zero-order valence-corrected chi connectivity index (χ0v) is 12.6. The van der Waals surface area contributed by atoms with Crippen LogP contribution in [0, 0.1) is 0 Å². The van der Waals surface area contributed by atoms with Gasteiger partial charge in [0.25, 0.3) is 0 Å². The van der Waals surface area contributed by atoms with E-state index in [1.165, 1.54) is 0 Å². The number of ether oxygens (including phenoxy) is 1. The van der Waals surface area contributed by atoms with Crippen molar-refractivity contribution in [1.82, 2.24) is 10.2 Å². The van der Waals surface area contributed by atoms with E-state index in [0.717, 1.165) is 19.4 Å². The number of amides is 1. The lowest BCUT2D eigenvalue weighted by molar-refractivity contribution is -0.0331. The highest BCUT2D eigenvalue weighted by atomic mass is 16.6. The Labute approximate surface area is 115 Å². The van der Waals surface area contributed by atoms with Crippen molar-refractivity contribution < 1.29 is 14.6 Å². The van der Waals surface area contributed by atoms with Gasteiger partial charge in [-0.25, -0.2) is 4.79 Å². The molecule has 0 aromatic heterocycles. The van der Waals surface area contributed by atoms with E-state index in [0.29, 0.717) is 0 Å². The molecule has 19 heavy (non-hydrogen) atoms. The molecule has 110 valence electrons. The number of aliphatic hydroxyl groups is 1. The highest BCUT2D eigenvalue weighted by molar-refractivity contribution is 5.70. The number of rotatable bonds is 1. The normalized spacial score (nSPS) is 31.5. The Morgan fingerprint density at radius 1 is 1.26 bits per heavy atom. The van der Waals surface area contributed by atoms with E-state index >= 15 is 0 Å². The summed E-state index contributed by atoms with van der Waals surface area (Å²) < 4.78 is 5.50. The molecule has 2 heterocycles. The van der Waals surface area contributed by atoms with Gasteiger partial charge in [-0.05, 0) is 47.5 Å². The van der Waals surface area contributed by atoms with Gasteiger partial charge < -0.3 is 15.2 Å². The minimum absolute atomic E-state index is 0.0219. The van der Waals surface area contributed by atoms with Crippen LogP contribution >= 0.6 is 0 Å². The van der Waals surface area contributed by atoms with Crippen molar-refractivity contribution in [3.05, 3.63) is 0 Å². The predicted octanol–water partition coefficient (Wildman–Crippen LogP) is 1.50. The molecule has 2 rings (SSSR count). The number of carbonyl (C=O) groups is 1. The molecule has 1 unspecified atom stereocenters. The van der Waals surface area contributed by atoms with Gasteiger partial charge in [-0.1, -0.05) is 0 Å². The number of hydrogen-bond acceptors (Lipinski definition) is 4. The number of carbonyl (C=O) groups excluding carboxylic acids is 1. The Hall–Kier alpha value is -0.810. The van der Waals surface area contributed by atoms with Crippen molar-refractivity contribution >= 4 is 6.09 Å². The molecular formula is C14H26N2O3. The Kier molecular flexibility index (Phi) is 3.56. The van der Waals surface area contributed by atoms with Gasteiger partial charge in [0.1, 0.15) is 5.60 Å². The molecule has 2 fully saturated rings. The van der Waals surface area contributed by atoms with Gasteiger partial charge in [0.2, 0.25) is 0 Å². The molecule has 0 spiro atoms. The van der Waals surface area contributed by atoms with Crippen LogP contribution < -0.4 is 5.32 Å². The fourth-order valence-electron chi connectivity index (χ4n) is 3.16. The summed E-state index contributed by atoms with van der Waals surface area (Å²) in [5.74, 6) is 0. The lowest BCUT2D eigenvalue weighted by Gasteiger charge is -2.45. The fourth-order valence-corrected chi connectivity index (χ4v) is 3.16. The molecule has 1 amide bonds. The average Bonchev–Trinajstić information content (AvgIpc) is 2.47. The molecule has 3 atom stereocenters. The smallest absolute Gasteiger partial charge is 0.410 e. The monoisotopic (exact) mass is 270 g/mol. The van der Waals surface area contributed by atoms with Crippen molar-refractivity contribution in [2.75, 3.05) is 6.54 Å². The summed E-state index contributed by atoms with van der Waals surface area (Å²) in [6.07, 6.45) is 1.64. The van der Waals surface area contributed by atoms with Crippen molar-refractivity contribution in [1.29, 1.82) is 0 Å². The molecule has 0 aromatic rings. The van der Waals surface area contributed by atoms with Gasteiger partial charge in [0.15, 0.2) is 0 Å². The van der Waals surface area contributed by atoms with Gasteiger partial charge in [0.05, 0.1) is 17.7 Å². The second kappa shape index (κ2) is 4.63. The van der Waals surface area contributed by atoms with Crippen molar-refractivity contribution in [2.45, 2.75) is 76.8 Å². The van der Waals surface area contributed by atoms with Gasteiger partial charge in [-0.2, -0.15) is 0 Å². The van der Waals surface area contributed by atoms with E-state index < -0.39 is 11.2 Å². The van der Waals surface area contributed by atoms with Crippen LogP contribution in [0.15, 0.2) is 0 Å². The van der Waals surface area contributed by atoms with Crippen LogP contribution in [0.5, 0.6) is 0 Å². The molecule has 0 saturated carbocycles. The van der Waals surface area contributed by atoms with Crippen LogP contribution in [-0.2, 0) is 4.74 Å². The molecule has 2 N–H and O–H groups in total. The summed E-state index contributed by atoms with van der Waals surface area (Å²) >= 11 is 0. The summed E-state index contributed by atoms with van der Waals surface area (Å²) in [5.41, 5.74) is -1.33. The number of hydrogen-bond donors (Lipinski definition) is 2. The predicted molar refractivity (Wildman–Crippen MR) is 73.0 cm³/mol. The van der Waals surface area contributed by atoms with Gasteiger partial charge in [-0.3, -0.25) is 4.90 Å². The van der Waals surface area contributed by atoms with E-state index in [2.05, 4.69) is 5.32 Å². The minimum atomic E-state index is -0.847. The Morgan fingerprint density at radius 3 is 2.42 bits per heavy atom. The molecule has 0 radical (unpaired) electrons. The molecule has 2 saturated heterocycles. The second-order valence-electron chi connectivity index (χ2n) is 7.23. The number of piperazine rings is 1. The molecule has 2 bridgehead atoms. The summed E-state index contributed by atoms with van der Waals surface area (Å²) in [5, 5.41) is 13.6. The quantitative estimate of drug-likeness (QED) is 0.758. The van der Waals surface area contributed by atoms with Crippen LogP contribution in [0.1, 0.15) is 47.5 Å². The summed E-state index contributed by atoms with van der Waals surface area (Å²) in [6.45, 7) is 9.94. The maximum absolute atomic E-state index is 12.3. The van der Waals surface area contributed by atoms with E-state index in [4.69, 9.17) is 4.74 Å². The molecule has 2 aliphatic heterocycles. The highest BCUT2D eigenvalue weighted by Gasteiger charge is 2.50. The maximum Gasteiger partial charge on any atom is 0.410 e. The Morgan fingerprint density at radius 2 is 1.89 bits per heavy atom. The molecule has 5 nitrogen and oxygen atoms in total. The minimum Gasteiger partial charge on any atom is -0.444 e. The van der Waals surface area contributed by atoms with Crippen LogP contribution in [0.3, 0.4) is 0 Å². The first kappa shape index (κ1) is 14.6. The first-order chi connectivity index (χ1) is 8.59. The first-order valence-electron chi connectivity index (χ1n) is 7.06. The zero-order chi connectivity index (χ0) is 14.4. The SMILES string of the molecule is CC(C)(C)OC(=O)N1[C@H]2CC[C@@H]1C(C(C)(C)O)NC2. The van der Waals surface area contributed by atoms with Gasteiger partial charge in [0, 0.05) is 12.6 Å². The third-order valence-electron chi connectivity index (χ3n) is 3.87. The van der Waals surface area contributed by atoms with E-state index in [1.54, 1.807) is 13.8 Å². The molecule has 0 aliphatic carbocycles. The van der Waals surface area contributed by atoms with Crippen LogP contribution in [-0.4, -0.2) is 52.0 Å². The fraction of sp³-hybridized carbons (Fsp3) is 0.929. The van der Waals surface area contributed by atoms with Crippen LogP contribution in [0.2, 0.25) is 0 Å². The third kappa shape index (κ3) is 3.03. The number of nitrogens with one attached hydrogen (secondary N) is 1. The van der Waals surface area contributed by atoms with Gasteiger partial charge >= 0.3 is 6.09 Å². The molecular weight excluding hydrogens is 244 g/mol.